The van der Waals surface area contributed by atoms with Crippen LogP contribution in [0.25, 0.3) is 0 Å². The van der Waals surface area contributed by atoms with Gasteiger partial charge in [0.2, 0.25) is 0 Å². The molecule has 0 amide bonds. The van der Waals surface area contributed by atoms with Crippen molar-refractivity contribution in [3.05, 3.63) is 36.0 Å². The zero-order valence-electron chi connectivity index (χ0n) is 9.17. The number of nitrogens with zero attached hydrogens (tertiary/aromatic N) is 1. The zero-order chi connectivity index (χ0) is 10.3. The largest absolute Gasteiger partial charge is 0.241 e. The van der Waals surface area contributed by atoms with Gasteiger partial charge in [0, 0.05) is 6.08 Å². The van der Waals surface area contributed by atoms with Crippen LogP contribution in [-0.4, -0.2) is 24.9 Å². The second kappa shape index (κ2) is 6.41. The summed E-state index contributed by atoms with van der Waals surface area (Å²) in [5.41, 5.74) is 2.38. The van der Waals surface area contributed by atoms with Crippen LogP contribution in [0, 0.1) is 0 Å². The van der Waals surface area contributed by atoms with E-state index in [0.29, 0.717) is 0 Å². The molecule has 0 aliphatic carbocycles. The fourth-order valence-electron chi connectivity index (χ4n) is 0.999. The minimum atomic E-state index is 1.02. The second-order valence-corrected chi connectivity index (χ2v) is 3.18. The lowest BCUT2D eigenvalue weighted by molar-refractivity contribution is -0.458. The Kier molecular flexibility index (Phi) is 5.86. The molecule has 0 saturated carbocycles. The summed E-state index contributed by atoms with van der Waals surface area (Å²) in [5.74, 6) is 0. The first-order valence-electron chi connectivity index (χ1n) is 4.64. The highest BCUT2D eigenvalue weighted by Gasteiger charge is 1.95. The Labute approximate surface area is 81.8 Å². The van der Waals surface area contributed by atoms with Gasteiger partial charge in [-0.2, -0.15) is 0 Å². The van der Waals surface area contributed by atoms with Gasteiger partial charge in [-0.1, -0.05) is 25.7 Å². The Morgan fingerprint density at radius 1 is 1.38 bits per heavy atom. The van der Waals surface area contributed by atoms with E-state index in [4.69, 9.17) is 0 Å². The summed E-state index contributed by atoms with van der Waals surface area (Å²) in [6.45, 7) is 8.15. The van der Waals surface area contributed by atoms with Crippen LogP contribution in [0.1, 0.15) is 20.3 Å². The van der Waals surface area contributed by atoms with Gasteiger partial charge in [-0.3, -0.25) is 0 Å². The summed E-state index contributed by atoms with van der Waals surface area (Å²) in [7, 11) is 4.03. The first-order valence-corrected chi connectivity index (χ1v) is 4.64. The summed E-state index contributed by atoms with van der Waals surface area (Å²) >= 11 is 0. The normalized spacial score (nSPS) is 11.8. The van der Waals surface area contributed by atoms with E-state index in [2.05, 4.69) is 19.6 Å². The molecule has 0 bridgehead atoms. The number of hydrogen-bond acceptors (Lipinski definition) is 0. The quantitative estimate of drug-likeness (QED) is 0.354. The maximum Gasteiger partial charge on any atom is 0.163 e. The van der Waals surface area contributed by atoms with E-state index in [1.807, 2.05) is 44.0 Å². The predicted molar refractivity (Wildman–Crippen MR) is 60.5 cm³/mol. The fourth-order valence-corrected chi connectivity index (χ4v) is 0.999. The zero-order valence-corrected chi connectivity index (χ0v) is 9.17. The molecule has 0 aromatic heterocycles. The van der Waals surface area contributed by atoms with Crippen LogP contribution in [-0.2, 0) is 0 Å². The van der Waals surface area contributed by atoms with E-state index in [0.717, 1.165) is 12.0 Å². The molecule has 0 unspecified atom stereocenters. The summed E-state index contributed by atoms with van der Waals surface area (Å²) in [5, 5.41) is 0. The molecule has 0 atom stereocenters. The van der Waals surface area contributed by atoms with Gasteiger partial charge in [0.25, 0.3) is 0 Å². The molecule has 0 N–H and O–H groups in total. The molecule has 72 valence electrons. The molecule has 0 saturated heterocycles. The van der Waals surface area contributed by atoms with Crippen LogP contribution in [0.3, 0.4) is 0 Å². The molecule has 0 radical (unpaired) electrons. The van der Waals surface area contributed by atoms with Crippen LogP contribution in [0.4, 0.5) is 0 Å². The van der Waals surface area contributed by atoms with Gasteiger partial charge in [0.1, 0.15) is 14.1 Å². The van der Waals surface area contributed by atoms with Gasteiger partial charge >= 0.3 is 0 Å². The standard InChI is InChI=1S/C12H20N/c1-6-8-11(3)12(7-2)9-10-13(4)5/h6,8-10H,3,7H2,1-2,4-5H3/q+1/b8-6-,12-9+. The van der Waals surface area contributed by atoms with E-state index in [9.17, 15) is 0 Å². The lowest BCUT2D eigenvalue weighted by Crippen LogP contribution is -1.97. The van der Waals surface area contributed by atoms with Crippen molar-refractivity contribution >= 4 is 6.21 Å². The monoisotopic (exact) mass is 178 g/mol. The van der Waals surface area contributed by atoms with Gasteiger partial charge in [0.15, 0.2) is 6.21 Å². The van der Waals surface area contributed by atoms with E-state index in [-0.39, 0.29) is 0 Å². The predicted octanol–water partition coefficient (Wildman–Crippen LogP) is 2.80. The number of rotatable bonds is 4. The molecule has 0 aromatic rings. The SMILES string of the molecule is C=C(/C=C\C)/C(=C/C=[N+](C)C)CC. The van der Waals surface area contributed by atoms with E-state index >= 15 is 0 Å². The first-order chi connectivity index (χ1) is 6.11. The molecular weight excluding hydrogens is 158 g/mol. The smallest absolute Gasteiger partial charge is 0.163 e. The molecule has 0 fully saturated rings. The fraction of sp³-hybridized carbons (Fsp3) is 0.417. The average Bonchev–Trinajstić information content (AvgIpc) is 2.05. The Bertz CT molecular complexity index is 250. The molecule has 1 heteroatoms. The Morgan fingerprint density at radius 2 is 2.00 bits per heavy atom. The van der Waals surface area contributed by atoms with Crippen molar-refractivity contribution in [3.8, 4) is 0 Å². The van der Waals surface area contributed by atoms with Crippen LogP contribution in [0.2, 0.25) is 0 Å². The van der Waals surface area contributed by atoms with Crippen LogP contribution in [0.15, 0.2) is 36.0 Å². The highest BCUT2D eigenvalue weighted by Crippen LogP contribution is 2.11. The van der Waals surface area contributed by atoms with Crippen molar-refractivity contribution < 1.29 is 4.58 Å². The highest BCUT2D eigenvalue weighted by atomic mass is 14.9. The maximum atomic E-state index is 4.00. The molecule has 0 aliphatic heterocycles. The lowest BCUT2D eigenvalue weighted by atomic mass is 10.0. The summed E-state index contributed by atoms with van der Waals surface area (Å²) < 4.78 is 2.03. The maximum absolute atomic E-state index is 4.00. The van der Waals surface area contributed by atoms with Crippen molar-refractivity contribution in [2.75, 3.05) is 14.1 Å². The molecule has 0 aromatic carbocycles. The average molecular weight is 178 g/mol. The molecule has 0 spiro atoms. The summed E-state index contributed by atoms with van der Waals surface area (Å²) in [6.07, 6.45) is 9.24. The third-order valence-corrected chi connectivity index (χ3v) is 1.74. The van der Waals surface area contributed by atoms with Crippen LogP contribution >= 0.6 is 0 Å². The molecular formula is C12H20N+. The number of allylic oxidation sites excluding steroid dienone is 5. The minimum Gasteiger partial charge on any atom is -0.241 e. The van der Waals surface area contributed by atoms with Gasteiger partial charge in [-0.25, -0.2) is 4.58 Å². The van der Waals surface area contributed by atoms with E-state index < -0.39 is 0 Å². The topological polar surface area (TPSA) is 3.01 Å². The van der Waals surface area contributed by atoms with Gasteiger partial charge in [-0.15, -0.1) is 0 Å². The van der Waals surface area contributed by atoms with Crippen LogP contribution in [0.5, 0.6) is 0 Å². The van der Waals surface area contributed by atoms with E-state index in [1.54, 1.807) is 0 Å². The summed E-state index contributed by atoms with van der Waals surface area (Å²) in [4.78, 5) is 0. The third kappa shape index (κ3) is 5.18. The van der Waals surface area contributed by atoms with Crippen molar-refractivity contribution in [1.29, 1.82) is 0 Å². The molecule has 0 heterocycles. The van der Waals surface area contributed by atoms with Crippen molar-refractivity contribution in [2.45, 2.75) is 20.3 Å². The first kappa shape index (κ1) is 11.9. The molecule has 0 aliphatic rings. The molecule has 1 nitrogen and oxygen atoms in total. The Morgan fingerprint density at radius 3 is 2.38 bits per heavy atom. The van der Waals surface area contributed by atoms with E-state index in [1.165, 1.54) is 5.57 Å². The van der Waals surface area contributed by atoms with Gasteiger partial charge in [-0.05, 0) is 24.5 Å². The van der Waals surface area contributed by atoms with Crippen molar-refractivity contribution in [3.63, 3.8) is 0 Å². The van der Waals surface area contributed by atoms with Gasteiger partial charge < -0.3 is 0 Å². The Hall–Kier alpha value is -1.11. The van der Waals surface area contributed by atoms with Crippen molar-refractivity contribution in [2.24, 2.45) is 0 Å². The van der Waals surface area contributed by atoms with Crippen LogP contribution < -0.4 is 0 Å². The second-order valence-electron chi connectivity index (χ2n) is 3.18. The van der Waals surface area contributed by atoms with Gasteiger partial charge in [0.05, 0.1) is 0 Å². The molecule has 0 rings (SSSR count). The Balaban J connectivity index is 4.60. The summed E-state index contributed by atoms with van der Waals surface area (Å²) in [6, 6.07) is 0. The van der Waals surface area contributed by atoms with Crippen molar-refractivity contribution in [1.82, 2.24) is 0 Å². The lowest BCUT2D eigenvalue weighted by Gasteiger charge is -2.00. The number of hydrogen-bond donors (Lipinski definition) is 0. The minimum absolute atomic E-state index is 1.02. The third-order valence-electron chi connectivity index (χ3n) is 1.74. The highest BCUT2D eigenvalue weighted by molar-refractivity contribution is 5.69. The molecule has 13 heavy (non-hydrogen) atoms.